The van der Waals surface area contributed by atoms with Crippen LogP contribution in [0.5, 0.6) is 0 Å². The van der Waals surface area contributed by atoms with Gasteiger partial charge < -0.3 is 4.90 Å². The van der Waals surface area contributed by atoms with Gasteiger partial charge in [0.25, 0.3) is 15.9 Å². The molecule has 1 aromatic heterocycles. The molecule has 0 bridgehead atoms. The van der Waals surface area contributed by atoms with E-state index < -0.39 is 10.0 Å². The van der Waals surface area contributed by atoms with Crippen molar-refractivity contribution in [2.75, 3.05) is 31.2 Å². The molecule has 2 aliphatic rings. The molecule has 1 fully saturated rings. The summed E-state index contributed by atoms with van der Waals surface area (Å²) in [6.07, 6.45) is 1.70. The van der Waals surface area contributed by atoms with Crippen LogP contribution in [0, 0.1) is 6.92 Å². The third-order valence-electron chi connectivity index (χ3n) is 5.15. The molecular weight excluding hydrogens is 504 g/mol. The topological polar surface area (TPSA) is 90.0 Å². The molecule has 4 rings (SSSR count). The molecule has 164 valence electrons. The van der Waals surface area contributed by atoms with Crippen molar-refractivity contribution in [3.8, 4) is 0 Å². The summed E-state index contributed by atoms with van der Waals surface area (Å²) < 4.78 is 28.0. The van der Waals surface area contributed by atoms with Gasteiger partial charge >= 0.3 is 0 Å². The number of hydrogen-bond donors (Lipinski definition) is 1. The first-order chi connectivity index (χ1) is 14.8. The monoisotopic (exact) mass is 524 g/mol. The highest BCUT2D eigenvalue weighted by atomic mass is 79.9. The summed E-state index contributed by atoms with van der Waals surface area (Å²) in [4.78, 5) is 26.9. The molecule has 0 aliphatic carbocycles. The average Bonchev–Trinajstić information content (AvgIpc) is 3.22. The van der Waals surface area contributed by atoms with E-state index in [9.17, 15) is 18.0 Å². The summed E-state index contributed by atoms with van der Waals surface area (Å²) in [5, 5.41) is 1.38. The maximum atomic E-state index is 13.0. The first kappa shape index (κ1) is 22.0. The molecule has 0 spiro atoms. The lowest BCUT2D eigenvalue weighted by molar-refractivity contribution is -0.129. The van der Waals surface area contributed by atoms with Gasteiger partial charge in [-0.2, -0.15) is 4.31 Å². The molecule has 3 heterocycles. The van der Waals surface area contributed by atoms with Gasteiger partial charge in [-0.3, -0.25) is 15.0 Å². The number of carbonyl (C=O) groups excluding carboxylic acids is 2. The van der Waals surface area contributed by atoms with Gasteiger partial charge in [-0.05, 0) is 53.2 Å². The number of rotatable bonds is 4. The molecule has 2 amide bonds. The van der Waals surface area contributed by atoms with Crippen molar-refractivity contribution in [1.29, 1.82) is 0 Å². The van der Waals surface area contributed by atoms with Crippen LogP contribution in [-0.2, 0) is 19.6 Å². The number of aryl methyl sites for hydroxylation is 1. The molecule has 1 saturated heterocycles. The molecule has 2 aromatic rings. The lowest BCUT2D eigenvalue weighted by Gasteiger charge is -2.36. The van der Waals surface area contributed by atoms with Crippen LogP contribution < -0.4 is 10.4 Å². The number of halogens is 1. The lowest BCUT2D eigenvalue weighted by Crippen LogP contribution is -2.54. The number of thiophene rings is 1. The predicted octanol–water partition coefficient (Wildman–Crippen LogP) is 2.48. The minimum Gasteiger partial charge on any atom is -0.335 e. The Hall–Kier alpha value is -2.21. The van der Waals surface area contributed by atoms with Crippen LogP contribution in [0.2, 0.25) is 0 Å². The predicted molar refractivity (Wildman–Crippen MR) is 122 cm³/mol. The Balaban J connectivity index is 1.41. The Labute approximate surface area is 193 Å². The smallest absolute Gasteiger partial charge is 0.271 e. The molecule has 0 radical (unpaired) electrons. The third kappa shape index (κ3) is 4.54. The Morgan fingerprint density at radius 2 is 1.74 bits per heavy atom. The fourth-order valence-corrected chi connectivity index (χ4v) is 7.00. The van der Waals surface area contributed by atoms with E-state index in [1.54, 1.807) is 23.1 Å². The van der Waals surface area contributed by atoms with E-state index in [1.807, 2.05) is 31.2 Å². The number of nitrogens with zero attached hydrogens (tertiary/aromatic N) is 3. The van der Waals surface area contributed by atoms with E-state index >= 15 is 0 Å². The summed E-state index contributed by atoms with van der Waals surface area (Å²) in [6.45, 7) is 2.96. The van der Waals surface area contributed by atoms with Crippen LogP contribution in [0.25, 0.3) is 0 Å². The maximum absolute atomic E-state index is 13.0. The van der Waals surface area contributed by atoms with Gasteiger partial charge in [0.2, 0.25) is 5.91 Å². The minimum absolute atomic E-state index is 0.115. The number of hydrazine groups is 1. The van der Waals surface area contributed by atoms with Gasteiger partial charge in [0, 0.05) is 32.6 Å². The van der Waals surface area contributed by atoms with Crippen molar-refractivity contribution in [3.63, 3.8) is 0 Å². The van der Waals surface area contributed by atoms with Gasteiger partial charge in [0.15, 0.2) is 0 Å². The quantitative estimate of drug-likeness (QED) is 0.663. The van der Waals surface area contributed by atoms with Gasteiger partial charge in [0.1, 0.15) is 9.91 Å². The molecule has 31 heavy (non-hydrogen) atoms. The van der Waals surface area contributed by atoms with Crippen LogP contribution in [0.3, 0.4) is 0 Å². The van der Waals surface area contributed by atoms with Crippen molar-refractivity contribution in [2.45, 2.75) is 17.6 Å². The van der Waals surface area contributed by atoms with E-state index in [2.05, 4.69) is 21.4 Å². The number of amides is 2. The highest BCUT2D eigenvalue weighted by molar-refractivity contribution is 9.11. The molecule has 1 aromatic carbocycles. The molecule has 2 aliphatic heterocycles. The SMILES string of the molecule is Cc1ccc(N2NC(C(=O)N3CCN(S(=O)(=O)c4ccc(Br)s4)CC3)=CCC2=O)cc1. The number of piperazine rings is 1. The second-order valence-electron chi connectivity index (χ2n) is 7.25. The van der Waals surface area contributed by atoms with E-state index in [1.165, 1.54) is 20.7 Å². The highest BCUT2D eigenvalue weighted by Gasteiger charge is 2.33. The van der Waals surface area contributed by atoms with E-state index in [0.717, 1.165) is 9.35 Å². The lowest BCUT2D eigenvalue weighted by atomic mass is 10.2. The van der Waals surface area contributed by atoms with Crippen LogP contribution in [0.4, 0.5) is 5.69 Å². The summed E-state index contributed by atoms with van der Waals surface area (Å²) in [5.74, 6) is -0.404. The zero-order valence-electron chi connectivity index (χ0n) is 16.7. The van der Waals surface area contributed by atoms with Crippen molar-refractivity contribution < 1.29 is 18.0 Å². The number of carbonyl (C=O) groups is 2. The second-order valence-corrected chi connectivity index (χ2v) is 11.9. The molecule has 0 atom stereocenters. The fourth-order valence-electron chi connectivity index (χ4n) is 3.41. The van der Waals surface area contributed by atoms with Gasteiger partial charge in [0.05, 0.1) is 9.47 Å². The standard InChI is InChI=1S/C20H21BrN4O4S2/c1-14-2-4-15(5-3-14)25-18(26)8-6-16(22-25)20(27)23-10-12-24(13-11-23)31(28,29)19-9-7-17(21)30-19/h2-7,9,22H,8,10-13H2,1H3. The maximum Gasteiger partial charge on any atom is 0.271 e. The third-order valence-corrected chi connectivity index (χ3v) is 9.14. The van der Waals surface area contributed by atoms with Crippen LogP contribution in [0.1, 0.15) is 12.0 Å². The van der Waals surface area contributed by atoms with Gasteiger partial charge in [-0.25, -0.2) is 13.4 Å². The molecule has 0 saturated carbocycles. The second kappa shape index (κ2) is 8.73. The normalized spacial score (nSPS) is 18.0. The first-order valence-corrected chi connectivity index (χ1v) is 12.7. The largest absolute Gasteiger partial charge is 0.335 e. The molecular formula is C20H21BrN4O4S2. The van der Waals surface area contributed by atoms with Crippen molar-refractivity contribution in [2.24, 2.45) is 0 Å². The van der Waals surface area contributed by atoms with Crippen LogP contribution >= 0.6 is 27.3 Å². The van der Waals surface area contributed by atoms with Crippen molar-refractivity contribution in [3.05, 3.63) is 57.5 Å². The van der Waals surface area contributed by atoms with Crippen LogP contribution in [0.15, 0.2) is 56.2 Å². The summed E-state index contributed by atoms with van der Waals surface area (Å²) in [7, 11) is -3.57. The number of hydrogen-bond acceptors (Lipinski definition) is 6. The molecule has 8 nitrogen and oxygen atoms in total. The molecule has 11 heteroatoms. The molecule has 0 unspecified atom stereocenters. The molecule has 1 N–H and O–H groups in total. The highest BCUT2D eigenvalue weighted by Crippen LogP contribution is 2.29. The van der Waals surface area contributed by atoms with Crippen LogP contribution in [-0.4, -0.2) is 55.6 Å². The zero-order valence-corrected chi connectivity index (χ0v) is 20.0. The Kier molecular flexibility index (Phi) is 6.20. The Morgan fingerprint density at radius 3 is 2.35 bits per heavy atom. The van der Waals surface area contributed by atoms with Crippen molar-refractivity contribution >= 4 is 54.8 Å². The summed E-state index contributed by atoms with van der Waals surface area (Å²) in [6, 6.07) is 10.7. The average molecular weight is 525 g/mol. The van der Waals surface area contributed by atoms with E-state index in [0.29, 0.717) is 11.4 Å². The van der Waals surface area contributed by atoms with Gasteiger partial charge in [-0.15, -0.1) is 11.3 Å². The van der Waals surface area contributed by atoms with Crippen molar-refractivity contribution in [1.82, 2.24) is 14.6 Å². The zero-order chi connectivity index (χ0) is 22.2. The van der Waals surface area contributed by atoms with Gasteiger partial charge in [-0.1, -0.05) is 17.7 Å². The number of nitrogens with one attached hydrogen (secondary N) is 1. The fraction of sp³-hybridized carbons (Fsp3) is 0.300. The Morgan fingerprint density at radius 1 is 1.06 bits per heavy atom. The van der Waals surface area contributed by atoms with E-state index in [4.69, 9.17) is 0 Å². The Bertz CT molecular complexity index is 1140. The number of benzene rings is 1. The minimum atomic E-state index is -3.57. The summed E-state index contributed by atoms with van der Waals surface area (Å²) in [5.41, 5.74) is 4.97. The first-order valence-electron chi connectivity index (χ1n) is 9.67. The summed E-state index contributed by atoms with van der Waals surface area (Å²) >= 11 is 4.46. The van der Waals surface area contributed by atoms with E-state index in [-0.39, 0.29) is 48.6 Å². The number of sulfonamides is 1. The number of anilines is 1.